The van der Waals surface area contributed by atoms with Crippen LogP contribution in [0.2, 0.25) is 0 Å². The predicted molar refractivity (Wildman–Crippen MR) is 82.6 cm³/mol. The molecule has 1 aromatic rings. The molecule has 2 fully saturated rings. The molecule has 1 saturated heterocycles. The smallest absolute Gasteiger partial charge is 0.146 e. The van der Waals surface area contributed by atoms with Crippen LogP contribution in [0.4, 0.5) is 4.39 Å². The fraction of sp³-hybridized carbons (Fsp3) is 0.706. The summed E-state index contributed by atoms with van der Waals surface area (Å²) < 4.78 is 14.3. The molecule has 3 rings (SSSR count). The summed E-state index contributed by atoms with van der Waals surface area (Å²) >= 11 is 0. The molecule has 2 heterocycles. The van der Waals surface area contributed by atoms with Gasteiger partial charge in [-0.1, -0.05) is 19.3 Å². The molecule has 0 spiro atoms. The zero-order chi connectivity index (χ0) is 14.7. The summed E-state index contributed by atoms with van der Waals surface area (Å²) in [4.78, 5) is 6.55. The first-order chi connectivity index (χ1) is 10.3. The van der Waals surface area contributed by atoms with Crippen LogP contribution in [0.1, 0.15) is 56.6 Å². The highest BCUT2D eigenvalue weighted by atomic mass is 19.1. The minimum Gasteiger partial charge on any atom is -0.311 e. The Morgan fingerprint density at radius 3 is 2.52 bits per heavy atom. The second kappa shape index (κ2) is 6.41. The Morgan fingerprint density at radius 2 is 1.90 bits per heavy atom. The van der Waals surface area contributed by atoms with E-state index < -0.39 is 0 Å². The van der Waals surface area contributed by atoms with Gasteiger partial charge in [0.25, 0.3) is 0 Å². The molecule has 1 saturated carbocycles. The number of likely N-dealkylation sites (N-methyl/N-ethyl adjacent to an activating group) is 1. The number of rotatable bonds is 4. The third-order valence-corrected chi connectivity index (χ3v) is 5.40. The van der Waals surface area contributed by atoms with E-state index in [4.69, 9.17) is 0 Å². The van der Waals surface area contributed by atoms with Crippen molar-refractivity contribution in [1.29, 1.82) is 0 Å². The van der Waals surface area contributed by atoms with E-state index in [2.05, 4.69) is 15.2 Å². The van der Waals surface area contributed by atoms with E-state index in [0.29, 0.717) is 0 Å². The molecule has 0 amide bonds. The van der Waals surface area contributed by atoms with Gasteiger partial charge in [0.05, 0.1) is 12.2 Å². The number of nitrogens with one attached hydrogen (secondary N) is 1. The van der Waals surface area contributed by atoms with Crippen molar-refractivity contribution in [2.75, 3.05) is 20.1 Å². The minimum atomic E-state index is -0.180. The molecule has 0 radical (unpaired) electrons. The van der Waals surface area contributed by atoms with E-state index >= 15 is 0 Å². The van der Waals surface area contributed by atoms with Gasteiger partial charge < -0.3 is 5.32 Å². The average Bonchev–Trinajstić information content (AvgIpc) is 3.01. The predicted octanol–water partition coefficient (Wildman–Crippen LogP) is 3.28. The normalized spacial score (nSPS) is 24.1. The van der Waals surface area contributed by atoms with Gasteiger partial charge in [-0.2, -0.15) is 0 Å². The molecule has 1 aliphatic carbocycles. The molecule has 21 heavy (non-hydrogen) atoms. The number of nitrogens with zero attached hydrogens (tertiary/aromatic N) is 2. The second-order valence-corrected chi connectivity index (χ2v) is 6.48. The summed E-state index contributed by atoms with van der Waals surface area (Å²) in [6.45, 7) is 2.32. The fourth-order valence-electron chi connectivity index (χ4n) is 4.45. The molecule has 4 heteroatoms. The van der Waals surface area contributed by atoms with Gasteiger partial charge in [-0.15, -0.1) is 0 Å². The highest BCUT2D eigenvalue weighted by Crippen LogP contribution is 2.45. The lowest BCUT2D eigenvalue weighted by atomic mass is 9.81. The maximum absolute atomic E-state index is 14.3. The largest absolute Gasteiger partial charge is 0.311 e. The van der Waals surface area contributed by atoms with Crippen LogP contribution in [0.5, 0.6) is 0 Å². The lowest BCUT2D eigenvalue weighted by Crippen LogP contribution is -2.56. The Balaban J connectivity index is 1.96. The van der Waals surface area contributed by atoms with Gasteiger partial charge in [-0.25, -0.2) is 4.39 Å². The Hall–Kier alpha value is -1.00. The third kappa shape index (κ3) is 2.71. The zero-order valence-electron chi connectivity index (χ0n) is 12.9. The zero-order valence-corrected chi connectivity index (χ0v) is 12.9. The van der Waals surface area contributed by atoms with E-state index in [-0.39, 0.29) is 17.4 Å². The van der Waals surface area contributed by atoms with Gasteiger partial charge in [0.15, 0.2) is 0 Å². The van der Waals surface area contributed by atoms with E-state index in [0.717, 1.165) is 18.7 Å². The molecule has 1 unspecified atom stereocenters. The lowest BCUT2D eigenvalue weighted by molar-refractivity contribution is 0.0373. The van der Waals surface area contributed by atoms with Crippen LogP contribution in [-0.4, -0.2) is 35.6 Å². The maximum atomic E-state index is 14.3. The van der Waals surface area contributed by atoms with Crippen LogP contribution in [0.25, 0.3) is 0 Å². The molecule has 0 bridgehead atoms. The van der Waals surface area contributed by atoms with Crippen molar-refractivity contribution in [3.63, 3.8) is 0 Å². The molecular weight excluding hydrogens is 265 g/mol. The van der Waals surface area contributed by atoms with Crippen LogP contribution in [0, 0.1) is 5.82 Å². The van der Waals surface area contributed by atoms with Crippen molar-refractivity contribution >= 4 is 0 Å². The van der Waals surface area contributed by atoms with Gasteiger partial charge in [-0.3, -0.25) is 9.88 Å². The van der Waals surface area contributed by atoms with Crippen LogP contribution in [0.3, 0.4) is 0 Å². The summed E-state index contributed by atoms with van der Waals surface area (Å²) in [5, 5.41) is 3.43. The Kier molecular flexibility index (Phi) is 4.55. The molecule has 1 atom stereocenters. The number of likely N-dealkylation sites (tertiary alicyclic amines) is 1. The quantitative estimate of drug-likeness (QED) is 0.922. The highest BCUT2D eigenvalue weighted by molar-refractivity contribution is 5.24. The van der Waals surface area contributed by atoms with Gasteiger partial charge in [0, 0.05) is 17.3 Å². The van der Waals surface area contributed by atoms with Gasteiger partial charge >= 0.3 is 0 Å². The standard InChI is InChI=1S/C17H26FN3/c1-19-16(14-7-10-20-13-15(14)18)17(8-3-4-9-17)21-11-5-2-6-12-21/h7,10,13,16,19H,2-6,8-9,11-12H2,1H3. The van der Waals surface area contributed by atoms with Gasteiger partial charge in [0.2, 0.25) is 0 Å². The highest BCUT2D eigenvalue weighted by Gasteiger charge is 2.46. The first-order valence-electron chi connectivity index (χ1n) is 8.30. The molecule has 3 nitrogen and oxygen atoms in total. The summed E-state index contributed by atoms with van der Waals surface area (Å²) in [7, 11) is 1.97. The summed E-state index contributed by atoms with van der Waals surface area (Å²) in [6.07, 6.45) is 11.8. The van der Waals surface area contributed by atoms with Crippen molar-refractivity contribution in [3.05, 3.63) is 29.8 Å². The van der Waals surface area contributed by atoms with Crippen molar-refractivity contribution in [3.8, 4) is 0 Å². The summed E-state index contributed by atoms with van der Waals surface area (Å²) in [6, 6.07) is 1.90. The van der Waals surface area contributed by atoms with Crippen LogP contribution in [-0.2, 0) is 0 Å². The minimum absolute atomic E-state index is 0.0566. The molecule has 2 aliphatic rings. The van der Waals surface area contributed by atoms with Crippen LogP contribution in [0.15, 0.2) is 18.5 Å². The number of aromatic nitrogens is 1. The van der Waals surface area contributed by atoms with E-state index in [1.165, 1.54) is 51.1 Å². The SMILES string of the molecule is CNC(c1ccncc1F)C1(N2CCCCC2)CCCC1. The number of pyridine rings is 1. The molecule has 0 aromatic carbocycles. The molecular formula is C17H26FN3. The van der Waals surface area contributed by atoms with Crippen molar-refractivity contribution in [2.24, 2.45) is 0 Å². The topological polar surface area (TPSA) is 28.2 Å². The Labute approximate surface area is 126 Å². The molecule has 1 N–H and O–H groups in total. The molecule has 1 aromatic heterocycles. The van der Waals surface area contributed by atoms with Crippen molar-refractivity contribution < 1.29 is 4.39 Å². The number of piperidine rings is 1. The molecule has 116 valence electrons. The van der Waals surface area contributed by atoms with Crippen LogP contribution < -0.4 is 5.32 Å². The summed E-state index contributed by atoms with van der Waals surface area (Å²) in [5.41, 5.74) is 0.858. The molecule has 1 aliphatic heterocycles. The van der Waals surface area contributed by atoms with Gasteiger partial charge in [0.1, 0.15) is 5.82 Å². The number of halogens is 1. The monoisotopic (exact) mass is 291 g/mol. The van der Waals surface area contributed by atoms with E-state index in [1.54, 1.807) is 6.20 Å². The fourth-order valence-corrected chi connectivity index (χ4v) is 4.45. The first-order valence-corrected chi connectivity index (χ1v) is 8.30. The van der Waals surface area contributed by atoms with Crippen LogP contribution >= 0.6 is 0 Å². The second-order valence-electron chi connectivity index (χ2n) is 6.48. The Bertz CT molecular complexity index is 465. The Morgan fingerprint density at radius 1 is 1.19 bits per heavy atom. The number of hydrogen-bond acceptors (Lipinski definition) is 3. The summed E-state index contributed by atoms with van der Waals surface area (Å²) in [5.74, 6) is -0.180. The van der Waals surface area contributed by atoms with Crippen molar-refractivity contribution in [1.82, 2.24) is 15.2 Å². The van der Waals surface area contributed by atoms with E-state index in [9.17, 15) is 4.39 Å². The first kappa shape index (κ1) is 14.9. The lowest BCUT2D eigenvalue weighted by Gasteiger charge is -2.48. The number of hydrogen-bond donors (Lipinski definition) is 1. The average molecular weight is 291 g/mol. The maximum Gasteiger partial charge on any atom is 0.146 e. The van der Waals surface area contributed by atoms with Gasteiger partial charge in [-0.05, 0) is 51.9 Å². The van der Waals surface area contributed by atoms with Crippen molar-refractivity contribution in [2.45, 2.75) is 56.5 Å². The third-order valence-electron chi connectivity index (χ3n) is 5.40. The van der Waals surface area contributed by atoms with E-state index in [1.807, 2.05) is 13.1 Å².